The number of rotatable bonds is 3. The molecule has 2 fully saturated rings. The average Bonchev–Trinajstić information content (AvgIpc) is 2.90. The molecule has 1 aliphatic carbocycles. The Labute approximate surface area is 150 Å². The van der Waals surface area contributed by atoms with Crippen LogP contribution in [0.1, 0.15) is 66.2 Å². The summed E-state index contributed by atoms with van der Waals surface area (Å²) in [7, 11) is 0. The minimum absolute atomic E-state index is 0.172. The molecule has 1 saturated heterocycles. The molecular weight excluding hydrogens is 327 g/mol. The molecule has 2 N–H and O–H groups in total. The van der Waals surface area contributed by atoms with Crippen LogP contribution in [-0.4, -0.2) is 59.0 Å². The number of carboxylic acids is 1. The standard InChI is InChI=1S/C10H16FNO4.C8H17N/c1-10(2,3)16-9(15)12-5-6(11)4-7(12)8(13)14;1-2-9-8-6-4-3-5-7-8/h6-7H,4-5H2,1-3H3,(H,13,14);8-9H,2-7H2,1H3/t6-,7+;/m1./s1. The molecule has 146 valence electrons. The van der Waals surface area contributed by atoms with Crippen molar-refractivity contribution in [2.24, 2.45) is 0 Å². The Balaban J connectivity index is 0.000000293. The van der Waals surface area contributed by atoms with Crippen LogP contribution in [0.25, 0.3) is 0 Å². The molecule has 0 radical (unpaired) electrons. The van der Waals surface area contributed by atoms with E-state index in [9.17, 15) is 14.0 Å². The summed E-state index contributed by atoms with van der Waals surface area (Å²) in [6.45, 7) is 8.13. The number of hydrogen-bond donors (Lipinski definition) is 2. The molecule has 0 aromatic rings. The Morgan fingerprint density at radius 3 is 2.32 bits per heavy atom. The molecule has 2 atom stereocenters. The molecule has 0 aromatic heterocycles. The molecule has 25 heavy (non-hydrogen) atoms. The molecule has 0 bridgehead atoms. The summed E-state index contributed by atoms with van der Waals surface area (Å²) in [6, 6.07) is -0.270. The zero-order chi connectivity index (χ0) is 19.0. The highest BCUT2D eigenvalue weighted by molar-refractivity contribution is 5.81. The van der Waals surface area contributed by atoms with Crippen molar-refractivity contribution >= 4 is 12.1 Å². The SMILES string of the molecule is CC(C)(C)OC(=O)N1C[C@H](F)C[C@H]1C(=O)O.CCNC1CCCCC1. The lowest BCUT2D eigenvalue weighted by Crippen LogP contribution is -2.43. The molecule has 1 saturated carbocycles. The number of nitrogens with zero attached hydrogens (tertiary/aromatic N) is 1. The number of likely N-dealkylation sites (tertiary alicyclic amines) is 1. The predicted octanol–water partition coefficient (Wildman–Crippen LogP) is 3.35. The number of carbonyl (C=O) groups excluding carboxylic acids is 1. The second kappa shape index (κ2) is 9.94. The molecule has 0 unspecified atom stereocenters. The lowest BCUT2D eigenvalue weighted by molar-refractivity contribution is -0.142. The van der Waals surface area contributed by atoms with Gasteiger partial charge in [-0.3, -0.25) is 4.90 Å². The van der Waals surface area contributed by atoms with Gasteiger partial charge in [0.1, 0.15) is 17.8 Å². The predicted molar refractivity (Wildman–Crippen MR) is 94.4 cm³/mol. The van der Waals surface area contributed by atoms with Gasteiger partial charge in [-0.05, 0) is 40.2 Å². The maximum atomic E-state index is 13.1. The van der Waals surface area contributed by atoms with E-state index in [1.54, 1.807) is 20.8 Å². The number of ether oxygens (including phenoxy) is 1. The highest BCUT2D eigenvalue weighted by atomic mass is 19.1. The van der Waals surface area contributed by atoms with E-state index in [0.717, 1.165) is 17.5 Å². The maximum Gasteiger partial charge on any atom is 0.411 e. The van der Waals surface area contributed by atoms with E-state index in [1.165, 1.54) is 32.1 Å². The topological polar surface area (TPSA) is 78.9 Å². The van der Waals surface area contributed by atoms with E-state index in [4.69, 9.17) is 9.84 Å². The van der Waals surface area contributed by atoms with E-state index in [1.807, 2.05) is 0 Å². The largest absolute Gasteiger partial charge is 0.480 e. The Hall–Kier alpha value is -1.37. The zero-order valence-electron chi connectivity index (χ0n) is 15.9. The Bertz CT molecular complexity index is 431. The van der Waals surface area contributed by atoms with E-state index in [-0.39, 0.29) is 13.0 Å². The fourth-order valence-corrected chi connectivity index (χ4v) is 3.14. The normalized spacial score (nSPS) is 24.4. The summed E-state index contributed by atoms with van der Waals surface area (Å²) in [5, 5.41) is 12.3. The van der Waals surface area contributed by atoms with Gasteiger partial charge in [-0.15, -0.1) is 0 Å². The highest BCUT2D eigenvalue weighted by Crippen LogP contribution is 2.23. The third kappa shape index (κ3) is 8.03. The third-order valence-electron chi connectivity index (χ3n) is 4.26. The second-order valence-corrected chi connectivity index (χ2v) is 7.71. The van der Waals surface area contributed by atoms with Gasteiger partial charge in [0.15, 0.2) is 0 Å². The van der Waals surface area contributed by atoms with Crippen molar-refractivity contribution < 1.29 is 23.8 Å². The van der Waals surface area contributed by atoms with Crippen molar-refractivity contribution in [2.45, 2.75) is 90.1 Å². The number of aliphatic carboxylic acids is 1. The fraction of sp³-hybridized carbons (Fsp3) is 0.889. The van der Waals surface area contributed by atoms with Gasteiger partial charge in [0, 0.05) is 12.5 Å². The van der Waals surface area contributed by atoms with E-state index < -0.39 is 29.9 Å². The quantitative estimate of drug-likeness (QED) is 0.807. The van der Waals surface area contributed by atoms with Crippen molar-refractivity contribution in [3.05, 3.63) is 0 Å². The number of carbonyl (C=O) groups is 2. The molecule has 0 spiro atoms. The molecule has 2 aliphatic rings. The maximum absolute atomic E-state index is 13.1. The van der Waals surface area contributed by atoms with Crippen molar-refractivity contribution in [1.82, 2.24) is 10.2 Å². The van der Waals surface area contributed by atoms with Crippen LogP contribution in [0.5, 0.6) is 0 Å². The molecule has 6 nitrogen and oxygen atoms in total. The molecule has 1 amide bonds. The highest BCUT2D eigenvalue weighted by Gasteiger charge is 2.41. The summed E-state index contributed by atoms with van der Waals surface area (Å²) in [4.78, 5) is 23.3. The van der Waals surface area contributed by atoms with Gasteiger partial charge >= 0.3 is 12.1 Å². The van der Waals surface area contributed by atoms with E-state index in [2.05, 4.69) is 12.2 Å². The van der Waals surface area contributed by atoms with Crippen LogP contribution in [0.3, 0.4) is 0 Å². The van der Waals surface area contributed by atoms with Crippen molar-refractivity contribution in [3.63, 3.8) is 0 Å². The Morgan fingerprint density at radius 2 is 1.84 bits per heavy atom. The monoisotopic (exact) mass is 360 g/mol. The fourth-order valence-electron chi connectivity index (χ4n) is 3.14. The minimum Gasteiger partial charge on any atom is -0.480 e. The second-order valence-electron chi connectivity index (χ2n) is 7.71. The van der Waals surface area contributed by atoms with Gasteiger partial charge in [0.05, 0.1) is 6.54 Å². The molecule has 7 heteroatoms. The summed E-state index contributed by atoms with van der Waals surface area (Å²) in [6.07, 6.45) is 4.92. The number of carboxylic acid groups (broad SMARTS) is 1. The first-order valence-corrected chi connectivity index (χ1v) is 9.24. The van der Waals surface area contributed by atoms with Crippen LogP contribution in [-0.2, 0) is 9.53 Å². The summed E-state index contributed by atoms with van der Waals surface area (Å²) in [5.74, 6) is -1.20. The third-order valence-corrected chi connectivity index (χ3v) is 4.26. The molecular formula is C18H33FN2O4. The van der Waals surface area contributed by atoms with Gasteiger partial charge in [0.25, 0.3) is 0 Å². The van der Waals surface area contributed by atoms with E-state index >= 15 is 0 Å². The minimum atomic E-state index is -1.30. The first-order valence-electron chi connectivity index (χ1n) is 9.24. The number of nitrogens with one attached hydrogen (secondary N) is 1. The van der Waals surface area contributed by atoms with Gasteiger partial charge in [0.2, 0.25) is 0 Å². The Morgan fingerprint density at radius 1 is 1.24 bits per heavy atom. The van der Waals surface area contributed by atoms with E-state index in [0.29, 0.717) is 0 Å². The van der Waals surface area contributed by atoms with Crippen LogP contribution in [0, 0.1) is 0 Å². The first-order chi connectivity index (χ1) is 11.6. The number of alkyl halides is 1. The average molecular weight is 360 g/mol. The van der Waals surface area contributed by atoms with Crippen LogP contribution >= 0.6 is 0 Å². The van der Waals surface area contributed by atoms with Crippen LogP contribution in [0.4, 0.5) is 9.18 Å². The Kier molecular flexibility index (Phi) is 8.62. The first kappa shape index (κ1) is 21.7. The smallest absolute Gasteiger partial charge is 0.411 e. The van der Waals surface area contributed by atoms with Gasteiger partial charge in [-0.2, -0.15) is 0 Å². The van der Waals surface area contributed by atoms with Crippen LogP contribution in [0.15, 0.2) is 0 Å². The lowest BCUT2D eigenvalue weighted by Gasteiger charge is -2.26. The summed E-state index contributed by atoms with van der Waals surface area (Å²) in [5.41, 5.74) is -0.714. The molecule has 0 aromatic carbocycles. The van der Waals surface area contributed by atoms with Crippen molar-refractivity contribution in [3.8, 4) is 0 Å². The molecule has 1 aliphatic heterocycles. The van der Waals surface area contributed by atoms with Crippen molar-refractivity contribution in [2.75, 3.05) is 13.1 Å². The molecule has 2 rings (SSSR count). The van der Waals surface area contributed by atoms with Crippen molar-refractivity contribution in [1.29, 1.82) is 0 Å². The van der Waals surface area contributed by atoms with Crippen LogP contribution < -0.4 is 5.32 Å². The lowest BCUT2D eigenvalue weighted by atomic mass is 9.96. The van der Waals surface area contributed by atoms with Crippen LogP contribution in [0.2, 0.25) is 0 Å². The number of halogens is 1. The summed E-state index contributed by atoms with van der Waals surface area (Å²) < 4.78 is 18.1. The van der Waals surface area contributed by atoms with Gasteiger partial charge < -0.3 is 15.2 Å². The van der Waals surface area contributed by atoms with Gasteiger partial charge in [-0.25, -0.2) is 14.0 Å². The zero-order valence-corrected chi connectivity index (χ0v) is 15.9. The number of amides is 1. The summed E-state index contributed by atoms with van der Waals surface area (Å²) >= 11 is 0. The van der Waals surface area contributed by atoms with Gasteiger partial charge in [-0.1, -0.05) is 26.2 Å². The molecule has 1 heterocycles. The number of hydrogen-bond acceptors (Lipinski definition) is 4.